The monoisotopic (exact) mass is 124 g/mol. The summed E-state index contributed by atoms with van der Waals surface area (Å²) in [6, 6.07) is 0. The Labute approximate surface area is 56.1 Å². The molecule has 1 heteroatoms. The molecule has 0 amide bonds. The Hall–Kier alpha value is -0.850. The van der Waals surface area contributed by atoms with Gasteiger partial charge in [0.05, 0.1) is 0 Å². The quantitative estimate of drug-likeness (QED) is 0.407. The third-order valence-electron chi connectivity index (χ3n) is 0.860. The van der Waals surface area contributed by atoms with Gasteiger partial charge in [-0.05, 0) is 32.4 Å². The van der Waals surface area contributed by atoms with E-state index in [0.717, 1.165) is 5.57 Å². The van der Waals surface area contributed by atoms with Gasteiger partial charge in [-0.25, -0.2) is 0 Å². The average Bonchev–Trinajstić information content (AvgIpc) is 1.63. The van der Waals surface area contributed by atoms with E-state index in [1.54, 1.807) is 13.0 Å². The van der Waals surface area contributed by atoms with E-state index in [0.29, 0.717) is 0 Å². The van der Waals surface area contributed by atoms with Crippen LogP contribution in [0.4, 0.5) is 0 Å². The van der Waals surface area contributed by atoms with Crippen molar-refractivity contribution in [3.05, 3.63) is 23.8 Å². The van der Waals surface area contributed by atoms with Crippen LogP contribution in [0.25, 0.3) is 0 Å². The summed E-state index contributed by atoms with van der Waals surface area (Å²) >= 11 is 0. The summed E-state index contributed by atoms with van der Waals surface area (Å²) in [5, 5.41) is 0. The number of rotatable bonds is 2. The summed E-state index contributed by atoms with van der Waals surface area (Å²) in [4.78, 5) is 10.4. The summed E-state index contributed by atoms with van der Waals surface area (Å²) in [5.74, 6) is 0.102. The summed E-state index contributed by atoms with van der Waals surface area (Å²) in [6.45, 7) is 5.38. The highest BCUT2D eigenvalue weighted by molar-refractivity contribution is 5.88. The van der Waals surface area contributed by atoms with Gasteiger partial charge in [-0.2, -0.15) is 0 Å². The lowest BCUT2D eigenvalue weighted by atomic mass is 10.2. The molecule has 0 fully saturated rings. The molecule has 0 saturated carbocycles. The minimum Gasteiger partial charge on any atom is -0.295 e. The molecule has 0 aliphatic carbocycles. The second-order valence-electron chi connectivity index (χ2n) is 2.00. The van der Waals surface area contributed by atoms with Crippen molar-refractivity contribution in [2.45, 2.75) is 20.8 Å². The molecule has 0 aromatic heterocycles. The van der Waals surface area contributed by atoms with Crippen LogP contribution in [0.3, 0.4) is 0 Å². The molecule has 9 heavy (non-hydrogen) atoms. The number of allylic oxidation sites excluding steroid dienone is 4. The molecular weight excluding hydrogens is 112 g/mol. The van der Waals surface area contributed by atoms with Gasteiger partial charge in [0.25, 0.3) is 0 Å². The maximum atomic E-state index is 10.4. The SMILES string of the molecule is CC=C/C(C)=C/C(C)=O. The van der Waals surface area contributed by atoms with Gasteiger partial charge in [-0.3, -0.25) is 4.79 Å². The third-order valence-corrected chi connectivity index (χ3v) is 0.860. The standard InChI is InChI=1S/C8H12O/c1-4-5-7(2)6-8(3)9/h4-6H,1-3H3/b5-4?,7-6+. The van der Waals surface area contributed by atoms with Crippen LogP contribution in [0, 0.1) is 0 Å². The first-order valence-electron chi connectivity index (χ1n) is 2.98. The van der Waals surface area contributed by atoms with Crippen molar-refractivity contribution in [1.29, 1.82) is 0 Å². The Kier molecular flexibility index (Phi) is 3.69. The van der Waals surface area contributed by atoms with Crippen LogP contribution in [0.1, 0.15) is 20.8 Å². The molecule has 0 heterocycles. The molecule has 0 bridgehead atoms. The van der Waals surface area contributed by atoms with Gasteiger partial charge in [-0.15, -0.1) is 0 Å². The Balaban J connectivity index is 4.00. The summed E-state index contributed by atoms with van der Waals surface area (Å²) in [6.07, 6.45) is 5.43. The lowest BCUT2D eigenvalue weighted by Crippen LogP contribution is -1.81. The first-order valence-corrected chi connectivity index (χ1v) is 2.98. The fourth-order valence-corrected chi connectivity index (χ4v) is 0.632. The molecule has 1 nitrogen and oxygen atoms in total. The summed E-state index contributed by atoms with van der Waals surface area (Å²) in [5.41, 5.74) is 1.00. The normalized spacial score (nSPS) is 12.6. The van der Waals surface area contributed by atoms with Crippen molar-refractivity contribution in [3.8, 4) is 0 Å². The highest BCUT2D eigenvalue weighted by atomic mass is 16.1. The van der Waals surface area contributed by atoms with Crippen LogP contribution in [0.2, 0.25) is 0 Å². The largest absolute Gasteiger partial charge is 0.295 e. The maximum absolute atomic E-state index is 10.4. The molecule has 0 atom stereocenters. The Bertz CT molecular complexity index is 152. The highest BCUT2D eigenvalue weighted by Crippen LogP contribution is 1.93. The molecule has 0 aliphatic heterocycles. The number of carbonyl (C=O) groups is 1. The van der Waals surface area contributed by atoms with E-state index in [-0.39, 0.29) is 5.78 Å². The topological polar surface area (TPSA) is 17.1 Å². The van der Waals surface area contributed by atoms with Gasteiger partial charge in [0.15, 0.2) is 5.78 Å². The van der Waals surface area contributed by atoms with Gasteiger partial charge in [-0.1, -0.05) is 12.2 Å². The zero-order chi connectivity index (χ0) is 7.28. The third kappa shape index (κ3) is 5.01. The number of hydrogen-bond acceptors (Lipinski definition) is 1. The molecule has 0 rings (SSSR count). The van der Waals surface area contributed by atoms with Gasteiger partial charge in [0.2, 0.25) is 0 Å². The number of carbonyl (C=O) groups excluding carboxylic acids is 1. The van der Waals surface area contributed by atoms with Crippen molar-refractivity contribution in [1.82, 2.24) is 0 Å². The van der Waals surface area contributed by atoms with Crippen LogP contribution in [-0.2, 0) is 4.79 Å². The number of hydrogen-bond donors (Lipinski definition) is 0. The highest BCUT2D eigenvalue weighted by Gasteiger charge is 1.83. The predicted molar refractivity (Wildman–Crippen MR) is 39.3 cm³/mol. The fraction of sp³-hybridized carbons (Fsp3) is 0.375. The average molecular weight is 124 g/mol. The van der Waals surface area contributed by atoms with E-state index >= 15 is 0 Å². The molecule has 0 aliphatic rings. The molecule has 0 saturated heterocycles. The Morgan fingerprint density at radius 2 is 1.89 bits per heavy atom. The van der Waals surface area contributed by atoms with Crippen molar-refractivity contribution < 1.29 is 4.79 Å². The molecule has 50 valence electrons. The maximum Gasteiger partial charge on any atom is 0.152 e. The molecule has 0 aromatic rings. The van der Waals surface area contributed by atoms with Crippen LogP contribution in [-0.4, -0.2) is 5.78 Å². The van der Waals surface area contributed by atoms with Gasteiger partial charge >= 0.3 is 0 Å². The molecule has 0 spiro atoms. The summed E-state index contributed by atoms with van der Waals surface area (Å²) < 4.78 is 0. The van der Waals surface area contributed by atoms with E-state index < -0.39 is 0 Å². The lowest BCUT2D eigenvalue weighted by molar-refractivity contribution is -0.112. The summed E-state index contributed by atoms with van der Waals surface area (Å²) in [7, 11) is 0. The Morgan fingerprint density at radius 1 is 1.33 bits per heavy atom. The first kappa shape index (κ1) is 8.15. The van der Waals surface area contributed by atoms with Crippen LogP contribution < -0.4 is 0 Å². The minimum atomic E-state index is 0.102. The van der Waals surface area contributed by atoms with Crippen LogP contribution in [0.15, 0.2) is 23.8 Å². The van der Waals surface area contributed by atoms with E-state index in [1.165, 1.54) is 0 Å². The van der Waals surface area contributed by atoms with Crippen molar-refractivity contribution in [2.75, 3.05) is 0 Å². The molecule has 0 unspecified atom stereocenters. The fourth-order valence-electron chi connectivity index (χ4n) is 0.632. The lowest BCUT2D eigenvalue weighted by Gasteiger charge is -1.85. The van der Waals surface area contributed by atoms with Crippen LogP contribution >= 0.6 is 0 Å². The van der Waals surface area contributed by atoms with E-state index in [4.69, 9.17) is 0 Å². The smallest absolute Gasteiger partial charge is 0.152 e. The molecular formula is C8H12O. The zero-order valence-electron chi connectivity index (χ0n) is 6.14. The van der Waals surface area contributed by atoms with Crippen molar-refractivity contribution in [3.63, 3.8) is 0 Å². The van der Waals surface area contributed by atoms with Gasteiger partial charge < -0.3 is 0 Å². The second kappa shape index (κ2) is 4.07. The van der Waals surface area contributed by atoms with E-state index in [9.17, 15) is 4.79 Å². The molecule has 0 N–H and O–H groups in total. The zero-order valence-corrected chi connectivity index (χ0v) is 6.14. The Morgan fingerprint density at radius 3 is 2.22 bits per heavy atom. The first-order chi connectivity index (χ1) is 4.16. The second-order valence-corrected chi connectivity index (χ2v) is 2.00. The van der Waals surface area contributed by atoms with E-state index in [1.807, 2.05) is 26.0 Å². The molecule has 0 radical (unpaired) electrons. The number of ketones is 1. The van der Waals surface area contributed by atoms with Crippen molar-refractivity contribution >= 4 is 5.78 Å². The van der Waals surface area contributed by atoms with E-state index in [2.05, 4.69) is 0 Å². The molecule has 0 aromatic carbocycles. The van der Waals surface area contributed by atoms with Crippen LogP contribution in [0.5, 0.6) is 0 Å². The predicted octanol–water partition coefficient (Wildman–Crippen LogP) is 2.10. The minimum absolute atomic E-state index is 0.102. The van der Waals surface area contributed by atoms with Crippen molar-refractivity contribution in [2.24, 2.45) is 0 Å². The van der Waals surface area contributed by atoms with Gasteiger partial charge in [0.1, 0.15) is 0 Å². The van der Waals surface area contributed by atoms with Gasteiger partial charge in [0, 0.05) is 0 Å².